The fourth-order valence-corrected chi connectivity index (χ4v) is 1.16. The third kappa shape index (κ3) is 9.37. The molecule has 0 bridgehead atoms. The van der Waals surface area contributed by atoms with Gasteiger partial charge in [0.1, 0.15) is 13.6 Å². The van der Waals surface area contributed by atoms with Crippen LogP contribution in [-0.4, -0.2) is 26.0 Å². The van der Waals surface area contributed by atoms with E-state index in [0.717, 1.165) is 12.8 Å². The van der Waals surface area contributed by atoms with E-state index >= 15 is 0 Å². The van der Waals surface area contributed by atoms with E-state index in [2.05, 4.69) is 9.50 Å². The summed E-state index contributed by atoms with van der Waals surface area (Å²) >= 11 is 5.81. The molecule has 1 aromatic rings. The second-order valence-electron chi connectivity index (χ2n) is 3.43. The van der Waals surface area contributed by atoms with Crippen LogP contribution in [0.1, 0.15) is 12.6 Å². The summed E-state index contributed by atoms with van der Waals surface area (Å²) < 4.78 is 32.9. The highest BCUT2D eigenvalue weighted by atomic mass is 35.5. The van der Waals surface area contributed by atoms with E-state index in [1.165, 1.54) is 6.92 Å². The van der Waals surface area contributed by atoms with Gasteiger partial charge in [0.2, 0.25) is 22.0 Å². The van der Waals surface area contributed by atoms with Crippen molar-refractivity contribution in [2.45, 2.75) is 13.5 Å². The lowest BCUT2D eigenvalue weighted by molar-refractivity contribution is -0.679. The number of rotatable bonds is 3. The summed E-state index contributed by atoms with van der Waals surface area (Å²) in [5, 5.41) is 3.39. The molecule has 7 nitrogen and oxygen atoms in total. The van der Waals surface area contributed by atoms with Crippen molar-refractivity contribution in [3.8, 4) is 0 Å². The number of hydrogen-bond donors (Lipinski definition) is 1. The highest BCUT2D eigenvalue weighted by Gasteiger charge is 2.06. The van der Waals surface area contributed by atoms with Crippen molar-refractivity contribution in [3.05, 3.63) is 29.0 Å². The van der Waals surface area contributed by atoms with Gasteiger partial charge in [0.05, 0.1) is 12.1 Å². The van der Waals surface area contributed by atoms with E-state index in [1.54, 1.807) is 6.07 Å². The third-order valence-corrected chi connectivity index (χ3v) is 2.58. The van der Waals surface area contributed by atoms with Gasteiger partial charge in [-0.15, -0.1) is 0 Å². The Morgan fingerprint density at radius 2 is 2.11 bits per heavy atom. The van der Waals surface area contributed by atoms with Crippen molar-refractivity contribution >= 4 is 27.9 Å². The lowest BCUT2D eigenvalue weighted by atomic mass is 10.3. The number of halogens is 1. The lowest BCUT2D eigenvalue weighted by Crippen LogP contribution is -2.36. The summed E-state index contributed by atoms with van der Waals surface area (Å²) in [5.41, 5.74) is 0.975. The number of carbonyl (C=O) groups is 1. The van der Waals surface area contributed by atoms with Crippen molar-refractivity contribution < 1.29 is 26.5 Å². The van der Waals surface area contributed by atoms with Gasteiger partial charge in [-0.25, -0.2) is 13.0 Å². The van der Waals surface area contributed by atoms with Crippen molar-refractivity contribution in [1.29, 1.82) is 0 Å². The quantitative estimate of drug-likeness (QED) is 0.477. The minimum atomic E-state index is -4.41. The van der Waals surface area contributed by atoms with Crippen LogP contribution in [0.5, 0.6) is 0 Å². The molecule has 1 heterocycles. The average Bonchev–Trinajstić information content (AvgIpc) is 2.30. The van der Waals surface area contributed by atoms with E-state index in [0.29, 0.717) is 11.6 Å². The number of amides is 1. The molecule has 0 saturated heterocycles. The molecular formula is C10H15ClN2O5S. The number of aromatic nitrogens is 1. The molecule has 0 saturated carbocycles. The number of carbonyl (C=O) groups excluding carboxylic acids is 1. The molecule has 0 aliphatic rings. The number of nitrogens with zero attached hydrogens (tertiary/aromatic N) is 1. The fraction of sp³-hybridized carbons (Fsp3) is 0.400. The molecule has 0 aliphatic carbocycles. The number of aryl methyl sites for hydroxylation is 1. The van der Waals surface area contributed by atoms with Crippen LogP contribution < -0.4 is 9.88 Å². The van der Waals surface area contributed by atoms with Crippen molar-refractivity contribution in [3.63, 3.8) is 0 Å². The summed E-state index contributed by atoms with van der Waals surface area (Å²) in [7, 11) is -1.69. The van der Waals surface area contributed by atoms with E-state index < -0.39 is 10.4 Å². The standard InChI is InChI=1S/C9H11ClN2O.CH4O4S/c1-7(13)11-6-9-5-8(10)3-4-12(9)2;1-5-6(2,3)4/h3-5H,6H2,1-2H3;1H3,(H,2,3,4). The summed E-state index contributed by atoms with van der Waals surface area (Å²) in [6, 6.07) is 3.64. The van der Waals surface area contributed by atoms with E-state index in [9.17, 15) is 17.8 Å². The monoisotopic (exact) mass is 310 g/mol. The van der Waals surface area contributed by atoms with Crippen LogP contribution in [0.15, 0.2) is 18.3 Å². The van der Waals surface area contributed by atoms with Gasteiger partial charge in [0, 0.05) is 19.1 Å². The second-order valence-corrected chi connectivity index (χ2v) is 5.02. The van der Waals surface area contributed by atoms with Gasteiger partial charge in [-0.3, -0.25) is 8.98 Å². The largest absolute Gasteiger partial charge is 0.726 e. The van der Waals surface area contributed by atoms with Crippen LogP contribution in [0.3, 0.4) is 0 Å². The molecule has 0 aromatic carbocycles. The van der Waals surface area contributed by atoms with Gasteiger partial charge in [-0.05, 0) is 0 Å². The second kappa shape index (κ2) is 8.05. The first-order valence-corrected chi connectivity index (χ1v) is 6.76. The third-order valence-electron chi connectivity index (χ3n) is 1.94. The topological polar surface area (TPSA) is 99.4 Å². The molecule has 19 heavy (non-hydrogen) atoms. The molecule has 0 aliphatic heterocycles. The van der Waals surface area contributed by atoms with Gasteiger partial charge in [-0.2, -0.15) is 0 Å². The van der Waals surface area contributed by atoms with Gasteiger partial charge in [0.15, 0.2) is 6.20 Å². The van der Waals surface area contributed by atoms with Gasteiger partial charge in [0.25, 0.3) is 0 Å². The zero-order valence-electron chi connectivity index (χ0n) is 10.7. The highest BCUT2D eigenvalue weighted by molar-refractivity contribution is 7.80. The van der Waals surface area contributed by atoms with Crippen LogP contribution in [0.25, 0.3) is 0 Å². The van der Waals surface area contributed by atoms with Crippen LogP contribution in [0.2, 0.25) is 5.02 Å². The Bertz CT molecular complexity index is 533. The zero-order valence-corrected chi connectivity index (χ0v) is 12.3. The smallest absolute Gasteiger partial charge is 0.217 e. The molecule has 0 fully saturated rings. The molecular weight excluding hydrogens is 296 g/mol. The maximum atomic E-state index is 10.7. The van der Waals surface area contributed by atoms with Crippen LogP contribution >= 0.6 is 11.6 Å². The maximum absolute atomic E-state index is 10.7. The van der Waals surface area contributed by atoms with Crippen molar-refractivity contribution in [2.24, 2.45) is 7.05 Å². The van der Waals surface area contributed by atoms with Gasteiger partial charge in [-0.1, -0.05) is 11.6 Å². The number of pyridine rings is 1. The molecule has 0 spiro atoms. The first-order valence-electron chi connectivity index (χ1n) is 5.05. The molecule has 0 atom stereocenters. The molecule has 0 radical (unpaired) electrons. The number of hydrogen-bond acceptors (Lipinski definition) is 5. The fourth-order valence-electron chi connectivity index (χ4n) is 0.979. The summed E-state index contributed by atoms with van der Waals surface area (Å²) in [4.78, 5) is 10.7. The minimum absolute atomic E-state index is 0.0417. The average molecular weight is 311 g/mol. The first-order chi connectivity index (χ1) is 8.65. The molecule has 1 rings (SSSR count). The normalized spacial score (nSPS) is 10.4. The molecule has 1 aromatic heterocycles. The lowest BCUT2D eigenvalue weighted by Gasteiger charge is -2.00. The van der Waals surface area contributed by atoms with E-state index in [4.69, 9.17) is 11.6 Å². The van der Waals surface area contributed by atoms with E-state index in [1.807, 2.05) is 23.9 Å². The molecule has 1 N–H and O–H groups in total. The maximum Gasteiger partial charge on any atom is 0.217 e. The van der Waals surface area contributed by atoms with Gasteiger partial charge >= 0.3 is 0 Å². The Kier molecular flexibility index (Phi) is 7.53. The minimum Gasteiger partial charge on any atom is -0.726 e. The van der Waals surface area contributed by atoms with E-state index in [-0.39, 0.29) is 5.91 Å². The highest BCUT2D eigenvalue weighted by Crippen LogP contribution is 2.06. The molecule has 1 amide bonds. The van der Waals surface area contributed by atoms with Gasteiger partial charge < -0.3 is 9.87 Å². The SMILES string of the molecule is CC(=O)NCc1cc(Cl)cc[n+]1C.COS(=O)(=O)[O-]. The van der Waals surface area contributed by atoms with Crippen molar-refractivity contribution in [2.75, 3.05) is 7.11 Å². The van der Waals surface area contributed by atoms with Crippen LogP contribution in [0, 0.1) is 0 Å². The molecule has 0 unspecified atom stereocenters. The summed E-state index contributed by atoms with van der Waals surface area (Å²) in [6.07, 6.45) is 1.86. The Labute approximate surface area is 117 Å². The Hall–Kier alpha value is -1.22. The van der Waals surface area contributed by atoms with Crippen LogP contribution in [-0.2, 0) is 33.0 Å². The summed E-state index contributed by atoms with van der Waals surface area (Å²) in [6.45, 7) is 2.00. The molecule has 108 valence electrons. The van der Waals surface area contributed by atoms with Crippen LogP contribution in [0.4, 0.5) is 0 Å². The Balaban J connectivity index is 0.000000459. The zero-order chi connectivity index (χ0) is 15.1. The predicted octanol–water partition coefficient (Wildman–Crippen LogP) is -0.106. The first kappa shape index (κ1) is 17.8. The predicted molar refractivity (Wildman–Crippen MR) is 66.9 cm³/mol. The Morgan fingerprint density at radius 3 is 2.53 bits per heavy atom. The number of nitrogens with one attached hydrogen (secondary N) is 1. The molecule has 9 heteroatoms. The Morgan fingerprint density at radius 1 is 1.58 bits per heavy atom. The summed E-state index contributed by atoms with van der Waals surface area (Å²) in [5.74, 6) is -0.0417. The van der Waals surface area contributed by atoms with Crippen molar-refractivity contribution in [1.82, 2.24) is 5.32 Å².